The van der Waals surface area contributed by atoms with E-state index in [-0.39, 0.29) is 12.5 Å². The lowest BCUT2D eigenvalue weighted by Crippen LogP contribution is -2.27. The van der Waals surface area contributed by atoms with Crippen LogP contribution in [0.1, 0.15) is 20.3 Å². The van der Waals surface area contributed by atoms with Gasteiger partial charge >= 0.3 is 0 Å². The van der Waals surface area contributed by atoms with E-state index in [1.807, 2.05) is 13.8 Å². The van der Waals surface area contributed by atoms with Gasteiger partial charge in [-0.2, -0.15) is 0 Å². The molecule has 1 amide bonds. The van der Waals surface area contributed by atoms with Crippen molar-refractivity contribution < 1.29 is 18.0 Å². The van der Waals surface area contributed by atoms with Crippen molar-refractivity contribution in [3.05, 3.63) is 29.6 Å². The normalized spacial score (nSPS) is 10.8. The van der Waals surface area contributed by atoms with Crippen LogP contribution in [-0.2, 0) is 4.79 Å². The number of hydrogen-bond donors (Lipinski definition) is 2. The van der Waals surface area contributed by atoms with E-state index in [1.54, 1.807) is 0 Å². The van der Waals surface area contributed by atoms with Gasteiger partial charge in [-0.15, -0.1) is 0 Å². The SMILES string of the molecule is CC(C)NCCC(=O)Nc1c(F)cc(F)cc1F. The molecule has 1 aromatic carbocycles. The number of nitrogens with one attached hydrogen (secondary N) is 2. The number of carbonyl (C=O) groups excluding carboxylic acids is 1. The Bertz CT molecular complexity index is 412. The highest BCUT2D eigenvalue weighted by Gasteiger charge is 2.14. The number of amides is 1. The molecule has 1 aromatic rings. The maximum absolute atomic E-state index is 13.2. The van der Waals surface area contributed by atoms with E-state index in [0.717, 1.165) is 0 Å². The molecule has 3 nitrogen and oxygen atoms in total. The average molecular weight is 260 g/mol. The van der Waals surface area contributed by atoms with Crippen LogP contribution in [0.4, 0.5) is 18.9 Å². The molecule has 0 spiro atoms. The highest BCUT2D eigenvalue weighted by Crippen LogP contribution is 2.20. The molecule has 0 fully saturated rings. The zero-order valence-corrected chi connectivity index (χ0v) is 10.2. The summed E-state index contributed by atoms with van der Waals surface area (Å²) in [5.41, 5.74) is -0.619. The lowest BCUT2D eigenvalue weighted by molar-refractivity contribution is -0.116. The van der Waals surface area contributed by atoms with Crippen LogP contribution in [0.5, 0.6) is 0 Å². The molecule has 0 saturated carbocycles. The molecule has 0 unspecified atom stereocenters. The summed E-state index contributed by atoms with van der Waals surface area (Å²) in [6.45, 7) is 4.22. The lowest BCUT2D eigenvalue weighted by Gasteiger charge is -2.09. The van der Waals surface area contributed by atoms with Gasteiger partial charge in [0.25, 0.3) is 0 Å². The lowest BCUT2D eigenvalue weighted by atomic mass is 10.2. The van der Waals surface area contributed by atoms with Gasteiger partial charge < -0.3 is 10.6 Å². The third-order valence-corrected chi connectivity index (χ3v) is 2.18. The molecule has 0 atom stereocenters. The van der Waals surface area contributed by atoms with Gasteiger partial charge in [-0.3, -0.25) is 4.79 Å². The van der Waals surface area contributed by atoms with E-state index in [4.69, 9.17) is 0 Å². The first kappa shape index (κ1) is 14.5. The number of anilines is 1. The van der Waals surface area contributed by atoms with Crippen molar-refractivity contribution >= 4 is 11.6 Å². The van der Waals surface area contributed by atoms with Crippen LogP contribution in [-0.4, -0.2) is 18.5 Å². The van der Waals surface area contributed by atoms with Crippen molar-refractivity contribution in [1.82, 2.24) is 5.32 Å². The quantitative estimate of drug-likeness (QED) is 0.853. The summed E-state index contributed by atoms with van der Waals surface area (Å²) >= 11 is 0. The second-order valence-electron chi connectivity index (χ2n) is 4.15. The van der Waals surface area contributed by atoms with Gasteiger partial charge in [0.15, 0.2) is 11.6 Å². The third kappa shape index (κ3) is 4.37. The predicted octanol–water partition coefficient (Wildman–Crippen LogP) is 2.43. The van der Waals surface area contributed by atoms with Crippen molar-refractivity contribution in [1.29, 1.82) is 0 Å². The van der Waals surface area contributed by atoms with Gasteiger partial charge in [0.1, 0.15) is 11.5 Å². The molecule has 0 aromatic heterocycles. The van der Waals surface area contributed by atoms with Crippen molar-refractivity contribution in [3.63, 3.8) is 0 Å². The molecule has 0 heterocycles. The molecule has 0 radical (unpaired) electrons. The minimum atomic E-state index is -1.13. The molecule has 6 heteroatoms. The van der Waals surface area contributed by atoms with Crippen LogP contribution < -0.4 is 10.6 Å². The fourth-order valence-electron chi connectivity index (χ4n) is 1.34. The van der Waals surface area contributed by atoms with E-state index in [1.165, 1.54) is 0 Å². The largest absolute Gasteiger partial charge is 0.321 e. The smallest absolute Gasteiger partial charge is 0.225 e. The maximum atomic E-state index is 13.2. The summed E-state index contributed by atoms with van der Waals surface area (Å²) in [4.78, 5) is 11.4. The summed E-state index contributed by atoms with van der Waals surface area (Å²) in [6, 6.07) is 1.26. The average Bonchev–Trinajstić information content (AvgIpc) is 2.22. The first-order valence-corrected chi connectivity index (χ1v) is 5.58. The zero-order chi connectivity index (χ0) is 13.7. The van der Waals surface area contributed by atoms with Gasteiger partial charge in [0.2, 0.25) is 5.91 Å². The molecule has 0 aliphatic heterocycles. The van der Waals surface area contributed by atoms with Crippen molar-refractivity contribution in [2.75, 3.05) is 11.9 Å². The Morgan fingerprint density at radius 2 is 1.78 bits per heavy atom. The minimum absolute atomic E-state index is 0.0778. The van der Waals surface area contributed by atoms with E-state index in [0.29, 0.717) is 18.7 Å². The second-order valence-corrected chi connectivity index (χ2v) is 4.15. The van der Waals surface area contributed by atoms with Gasteiger partial charge in [-0.1, -0.05) is 13.8 Å². The second kappa shape index (κ2) is 6.39. The first-order valence-electron chi connectivity index (χ1n) is 5.58. The van der Waals surface area contributed by atoms with Crippen LogP contribution in [0, 0.1) is 17.5 Å². The molecule has 0 aliphatic rings. The Balaban J connectivity index is 2.59. The Morgan fingerprint density at radius 3 is 2.28 bits per heavy atom. The molecular weight excluding hydrogens is 245 g/mol. The van der Waals surface area contributed by atoms with E-state index < -0.39 is 29.0 Å². The number of halogens is 3. The Labute approximate surface area is 103 Å². The van der Waals surface area contributed by atoms with E-state index in [9.17, 15) is 18.0 Å². The molecular formula is C12H15F3N2O. The molecule has 2 N–H and O–H groups in total. The number of benzene rings is 1. The summed E-state index contributed by atoms with van der Waals surface area (Å²) < 4.78 is 39.1. The van der Waals surface area contributed by atoms with E-state index >= 15 is 0 Å². The number of hydrogen-bond acceptors (Lipinski definition) is 2. The summed E-state index contributed by atoms with van der Waals surface area (Å²) in [6.07, 6.45) is 0.0778. The standard InChI is InChI=1S/C12H15F3N2O/c1-7(2)16-4-3-11(18)17-12-9(14)5-8(13)6-10(12)15/h5-7,16H,3-4H2,1-2H3,(H,17,18). The summed E-state index contributed by atoms with van der Waals surface area (Å²) in [7, 11) is 0. The Kier molecular flexibility index (Phi) is 5.15. The predicted molar refractivity (Wildman–Crippen MR) is 62.7 cm³/mol. The zero-order valence-electron chi connectivity index (χ0n) is 10.2. The summed E-state index contributed by atoms with van der Waals surface area (Å²) in [5, 5.41) is 5.08. The topological polar surface area (TPSA) is 41.1 Å². The molecule has 0 saturated heterocycles. The van der Waals surface area contributed by atoms with Crippen molar-refractivity contribution in [2.24, 2.45) is 0 Å². The van der Waals surface area contributed by atoms with Crippen LogP contribution in [0.25, 0.3) is 0 Å². The number of carbonyl (C=O) groups is 1. The van der Waals surface area contributed by atoms with Crippen LogP contribution >= 0.6 is 0 Å². The van der Waals surface area contributed by atoms with Crippen molar-refractivity contribution in [2.45, 2.75) is 26.3 Å². The molecule has 1 rings (SSSR count). The Hall–Kier alpha value is -1.56. The van der Waals surface area contributed by atoms with Crippen LogP contribution in [0.3, 0.4) is 0 Å². The maximum Gasteiger partial charge on any atom is 0.225 e. The fraction of sp³-hybridized carbons (Fsp3) is 0.417. The minimum Gasteiger partial charge on any atom is -0.321 e. The van der Waals surface area contributed by atoms with Crippen LogP contribution in [0.15, 0.2) is 12.1 Å². The van der Waals surface area contributed by atoms with E-state index in [2.05, 4.69) is 10.6 Å². The van der Waals surface area contributed by atoms with Gasteiger partial charge in [0.05, 0.1) is 0 Å². The van der Waals surface area contributed by atoms with Gasteiger partial charge in [-0.05, 0) is 0 Å². The highest BCUT2D eigenvalue weighted by molar-refractivity contribution is 5.91. The monoisotopic (exact) mass is 260 g/mol. The third-order valence-electron chi connectivity index (χ3n) is 2.18. The molecule has 0 bridgehead atoms. The van der Waals surface area contributed by atoms with Gasteiger partial charge in [-0.25, -0.2) is 13.2 Å². The van der Waals surface area contributed by atoms with Crippen molar-refractivity contribution in [3.8, 4) is 0 Å². The number of rotatable bonds is 5. The molecule has 0 aliphatic carbocycles. The molecule has 100 valence electrons. The summed E-state index contributed by atoms with van der Waals surface area (Å²) in [5.74, 6) is -3.81. The molecule has 18 heavy (non-hydrogen) atoms. The van der Waals surface area contributed by atoms with Gasteiger partial charge in [0, 0.05) is 31.1 Å². The van der Waals surface area contributed by atoms with Crippen LogP contribution in [0.2, 0.25) is 0 Å². The fourth-order valence-corrected chi connectivity index (χ4v) is 1.34. The first-order chi connectivity index (χ1) is 8.40. The Morgan fingerprint density at radius 1 is 1.22 bits per heavy atom. The highest BCUT2D eigenvalue weighted by atomic mass is 19.1.